The Bertz CT molecular complexity index is 328. The van der Waals surface area contributed by atoms with Crippen LogP contribution in [-0.2, 0) is 0 Å². The van der Waals surface area contributed by atoms with E-state index >= 15 is 0 Å². The van der Waals surface area contributed by atoms with Gasteiger partial charge in [0.25, 0.3) is 0 Å². The molecular weight excluding hydrogens is 161 g/mol. The van der Waals surface area contributed by atoms with Crippen molar-refractivity contribution < 1.29 is 4.39 Å². The lowest BCUT2D eigenvalue weighted by atomic mass is 10.1. The summed E-state index contributed by atoms with van der Waals surface area (Å²) < 4.78 is 12.9. The molecule has 0 amide bonds. The van der Waals surface area contributed by atoms with Gasteiger partial charge in [-0.25, -0.2) is 4.39 Å². The first kappa shape index (κ1) is 8.09. The van der Waals surface area contributed by atoms with Crippen LogP contribution < -0.4 is 0 Å². The highest BCUT2D eigenvalue weighted by Gasteiger charge is 2.04. The zero-order valence-electron chi connectivity index (χ0n) is 5.93. The Hall–Kier alpha value is -1.01. The molecule has 0 spiro atoms. The maximum absolute atomic E-state index is 12.9. The predicted molar refractivity (Wildman–Crippen MR) is 43.1 cm³/mol. The molecule has 0 saturated heterocycles. The minimum Gasteiger partial charge on any atom is -0.205 e. The molecule has 0 aliphatic heterocycles. The maximum atomic E-state index is 12.9. The van der Waals surface area contributed by atoms with Gasteiger partial charge >= 0.3 is 0 Å². The first-order valence-electron chi connectivity index (χ1n) is 3.04. The van der Waals surface area contributed by atoms with Crippen LogP contribution in [0.3, 0.4) is 0 Å². The van der Waals surface area contributed by atoms with Crippen molar-refractivity contribution >= 4 is 12.6 Å². The van der Waals surface area contributed by atoms with E-state index in [4.69, 9.17) is 5.26 Å². The molecular formula is C8H6FNS. The molecule has 0 N–H and O–H groups in total. The lowest BCUT2D eigenvalue weighted by Gasteiger charge is -1.98. The van der Waals surface area contributed by atoms with Gasteiger partial charge in [0.15, 0.2) is 0 Å². The molecule has 0 saturated carbocycles. The Morgan fingerprint density at radius 3 is 2.73 bits per heavy atom. The number of hydrogen-bond acceptors (Lipinski definition) is 2. The van der Waals surface area contributed by atoms with Gasteiger partial charge in [0, 0.05) is 4.90 Å². The average molecular weight is 167 g/mol. The smallest absolute Gasteiger partial charge is 0.143 e. The molecule has 0 heterocycles. The number of halogens is 1. The van der Waals surface area contributed by atoms with Crippen LogP contribution in [0.15, 0.2) is 17.0 Å². The zero-order valence-corrected chi connectivity index (χ0v) is 6.82. The first-order valence-corrected chi connectivity index (χ1v) is 3.49. The van der Waals surface area contributed by atoms with Gasteiger partial charge in [-0.05, 0) is 24.6 Å². The van der Waals surface area contributed by atoms with Crippen LogP contribution in [-0.4, -0.2) is 0 Å². The van der Waals surface area contributed by atoms with E-state index in [2.05, 4.69) is 12.6 Å². The fraction of sp³-hybridized carbons (Fsp3) is 0.125. The molecule has 0 unspecified atom stereocenters. The highest BCUT2D eigenvalue weighted by atomic mass is 32.1. The average Bonchev–Trinajstić information content (AvgIpc) is 1.96. The standard InChI is InChI=1S/C8H6FNS/c1-5-2-7(11)3-6(4-10)8(5)9/h2-3,11H,1H3. The lowest BCUT2D eigenvalue weighted by Crippen LogP contribution is -1.88. The molecule has 0 fully saturated rings. The predicted octanol–water partition coefficient (Wildman–Crippen LogP) is 2.29. The molecule has 0 aromatic heterocycles. The minimum atomic E-state index is -0.453. The van der Waals surface area contributed by atoms with Crippen molar-refractivity contribution in [3.05, 3.63) is 29.1 Å². The third-order valence-electron chi connectivity index (χ3n) is 1.36. The van der Waals surface area contributed by atoms with Crippen LogP contribution in [0.1, 0.15) is 11.1 Å². The summed E-state index contributed by atoms with van der Waals surface area (Å²) in [6, 6.07) is 4.74. The van der Waals surface area contributed by atoms with E-state index in [1.54, 1.807) is 19.1 Å². The Labute approximate surface area is 69.9 Å². The van der Waals surface area contributed by atoms with Crippen LogP contribution in [0, 0.1) is 24.1 Å². The summed E-state index contributed by atoms with van der Waals surface area (Å²) in [6.45, 7) is 1.61. The number of hydrogen-bond donors (Lipinski definition) is 1. The van der Waals surface area contributed by atoms with Crippen LogP contribution in [0.4, 0.5) is 4.39 Å². The van der Waals surface area contributed by atoms with Crippen molar-refractivity contribution in [1.29, 1.82) is 5.26 Å². The second-order valence-corrected chi connectivity index (χ2v) is 2.75. The topological polar surface area (TPSA) is 23.8 Å². The molecule has 0 radical (unpaired) electrons. The number of rotatable bonds is 0. The number of nitrogens with zero attached hydrogens (tertiary/aromatic N) is 1. The molecule has 1 rings (SSSR count). The second-order valence-electron chi connectivity index (χ2n) is 2.24. The van der Waals surface area contributed by atoms with Gasteiger partial charge in [-0.1, -0.05) is 0 Å². The second kappa shape index (κ2) is 2.93. The highest BCUT2D eigenvalue weighted by Crippen LogP contribution is 2.16. The molecule has 0 bridgehead atoms. The highest BCUT2D eigenvalue weighted by molar-refractivity contribution is 7.80. The summed E-state index contributed by atoms with van der Waals surface area (Å²) in [5, 5.41) is 8.44. The minimum absolute atomic E-state index is 0.0509. The van der Waals surface area contributed by atoms with Crippen molar-refractivity contribution in [3.63, 3.8) is 0 Å². The van der Waals surface area contributed by atoms with Crippen molar-refractivity contribution in [2.24, 2.45) is 0 Å². The lowest BCUT2D eigenvalue weighted by molar-refractivity contribution is 0.613. The third kappa shape index (κ3) is 1.52. The van der Waals surface area contributed by atoms with E-state index in [0.29, 0.717) is 10.5 Å². The SMILES string of the molecule is Cc1cc(S)cc(C#N)c1F. The molecule has 1 aromatic carbocycles. The number of nitriles is 1. The van der Waals surface area contributed by atoms with Crippen molar-refractivity contribution in [3.8, 4) is 6.07 Å². The molecule has 3 heteroatoms. The molecule has 1 nitrogen and oxygen atoms in total. The van der Waals surface area contributed by atoms with Crippen molar-refractivity contribution in [1.82, 2.24) is 0 Å². The molecule has 56 valence electrons. The quantitative estimate of drug-likeness (QED) is 0.589. The van der Waals surface area contributed by atoms with Gasteiger partial charge in [-0.3, -0.25) is 0 Å². The molecule has 11 heavy (non-hydrogen) atoms. The monoisotopic (exact) mass is 167 g/mol. The van der Waals surface area contributed by atoms with Crippen LogP contribution in [0.5, 0.6) is 0 Å². The molecule has 0 atom stereocenters. The molecule has 0 aliphatic carbocycles. The first-order chi connectivity index (χ1) is 5.15. The Morgan fingerprint density at radius 2 is 2.18 bits per heavy atom. The van der Waals surface area contributed by atoms with Gasteiger partial charge in [-0.2, -0.15) is 5.26 Å². The summed E-state index contributed by atoms with van der Waals surface area (Å²) in [7, 11) is 0. The summed E-state index contributed by atoms with van der Waals surface area (Å²) in [5.74, 6) is -0.453. The summed E-state index contributed by atoms with van der Waals surface area (Å²) in [6.07, 6.45) is 0. The Morgan fingerprint density at radius 1 is 1.55 bits per heavy atom. The zero-order chi connectivity index (χ0) is 8.43. The van der Waals surface area contributed by atoms with E-state index in [1.807, 2.05) is 0 Å². The van der Waals surface area contributed by atoms with E-state index in [9.17, 15) is 4.39 Å². The van der Waals surface area contributed by atoms with Gasteiger partial charge in [0.2, 0.25) is 0 Å². The largest absolute Gasteiger partial charge is 0.205 e. The molecule has 0 aliphatic rings. The fourth-order valence-electron chi connectivity index (χ4n) is 0.832. The van der Waals surface area contributed by atoms with Crippen molar-refractivity contribution in [2.45, 2.75) is 11.8 Å². The molecule has 1 aromatic rings. The van der Waals surface area contributed by atoms with Gasteiger partial charge in [-0.15, -0.1) is 12.6 Å². The summed E-state index contributed by atoms with van der Waals surface area (Å²) >= 11 is 4.01. The normalized spacial score (nSPS) is 9.27. The van der Waals surface area contributed by atoms with E-state index in [1.165, 1.54) is 6.07 Å². The van der Waals surface area contributed by atoms with Crippen LogP contribution >= 0.6 is 12.6 Å². The van der Waals surface area contributed by atoms with E-state index in [-0.39, 0.29) is 5.56 Å². The number of aryl methyl sites for hydroxylation is 1. The van der Waals surface area contributed by atoms with Gasteiger partial charge in [0.1, 0.15) is 11.9 Å². The Balaban J connectivity index is 3.39. The third-order valence-corrected chi connectivity index (χ3v) is 1.62. The van der Waals surface area contributed by atoms with E-state index in [0.717, 1.165) is 0 Å². The van der Waals surface area contributed by atoms with Crippen molar-refractivity contribution in [2.75, 3.05) is 0 Å². The van der Waals surface area contributed by atoms with Gasteiger partial charge < -0.3 is 0 Å². The Kier molecular flexibility index (Phi) is 2.16. The van der Waals surface area contributed by atoms with Crippen LogP contribution in [0.2, 0.25) is 0 Å². The van der Waals surface area contributed by atoms with Crippen LogP contribution in [0.25, 0.3) is 0 Å². The number of thiol groups is 1. The fourth-order valence-corrected chi connectivity index (χ4v) is 1.15. The maximum Gasteiger partial charge on any atom is 0.143 e. The summed E-state index contributed by atoms with van der Waals surface area (Å²) in [5.41, 5.74) is 0.504. The van der Waals surface area contributed by atoms with Gasteiger partial charge in [0.05, 0.1) is 5.56 Å². The summed E-state index contributed by atoms with van der Waals surface area (Å²) in [4.78, 5) is 0.612. The van der Waals surface area contributed by atoms with E-state index < -0.39 is 5.82 Å². The number of benzene rings is 1.